The summed E-state index contributed by atoms with van der Waals surface area (Å²) in [7, 11) is 0. The van der Waals surface area contributed by atoms with Crippen LogP contribution in [0.3, 0.4) is 0 Å². The highest BCUT2D eigenvalue weighted by atomic mass is 19.1. The summed E-state index contributed by atoms with van der Waals surface area (Å²) in [5, 5.41) is 0. The number of nitrogens with zero attached hydrogens (tertiary/aromatic N) is 1. The van der Waals surface area contributed by atoms with Crippen LogP contribution in [0, 0.1) is 0 Å². The van der Waals surface area contributed by atoms with Gasteiger partial charge in [0.1, 0.15) is 6.26 Å². The molecule has 0 aliphatic carbocycles. The van der Waals surface area contributed by atoms with Crippen LogP contribution in [-0.4, -0.2) is 11.3 Å². The van der Waals surface area contributed by atoms with Crippen molar-refractivity contribution in [1.29, 1.82) is 0 Å². The third-order valence-electron chi connectivity index (χ3n) is 0.825. The maximum absolute atomic E-state index is 12.1. The lowest BCUT2D eigenvalue weighted by Gasteiger charge is -1.79. The zero-order valence-electron chi connectivity index (χ0n) is 4.95. The van der Waals surface area contributed by atoms with Crippen molar-refractivity contribution in [2.45, 2.75) is 0 Å². The van der Waals surface area contributed by atoms with Gasteiger partial charge < -0.3 is 4.42 Å². The van der Waals surface area contributed by atoms with E-state index in [9.17, 15) is 9.18 Å². The Morgan fingerprint density at radius 3 is 3.10 bits per heavy atom. The summed E-state index contributed by atoms with van der Waals surface area (Å²) in [6, 6.07) is 0. The molecule has 0 fully saturated rings. The minimum Gasteiger partial charge on any atom is -0.445 e. The van der Waals surface area contributed by atoms with Gasteiger partial charge in [-0.1, -0.05) is 0 Å². The van der Waals surface area contributed by atoms with Gasteiger partial charge in [-0.2, -0.15) is 0 Å². The van der Waals surface area contributed by atoms with Crippen molar-refractivity contribution < 1.29 is 13.6 Å². The summed E-state index contributed by atoms with van der Waals surface area (Å²) in [6.07, 6.45) is 3.66. The number of hydrogen-bond acceptors (Lipinski definition) is 3. The Morgan fingerprint density at radius 2 is 2.60 bits per heavy atom. The van der Waals surface area contributed by atoms with E-state index in [1.807, 2.05) is 0 Å². The molecule has 0 aromatic carbocycles. The monoisotopic (exact) mass is 141 g/mol. The summed E-state index contributed by atoms with van der Waals surface area (Å²) < 4.78 is 16.7. The molecule has 1 aromatic rings. The van der Waals surface area contributed by atoms with Crippen molar-refractivity contribution in [3.63, 3.8) is 0 Å². The number of allylic oxidation sites excluding steroid dienone is 1. The van der Waals surface area contributed by atoms with E-state index in [0.29, 0.717) is 0 Å². The molecule has 0 atom stereocenters. The minimum absolute atomic E-state index is 0.0875. The fraction of sp³-hybridized carbons (Fsp3) is 0. The predicted octanol–water partition coefficient (Wildman–Crippen LogP) is 1.18. The quantitative estimate of drug-likeness (QED) is 0.458. The number of aldehydes is 1. The van der Waals surface area contributed by atoms with Crippen LogP contribution in [0.4, 0.5) is 4.39 Å². The Bertz CT molecular complexity index is 240. The molecule has 3 nitrogen and oxygen atoms in total. The third kappa shape index (κ3) is 1.51. The summed E-state index contributed by atoms with van der Waals surface area (Å²) in [5.74, 6) is -0.813. The Morgan fingerprint density at radius 1 is 1.80 bits per heavy atom. The number of carbonyl (C=O) groups excluding carboxylic acids is 1. The molecule has 1 rings (SSSR count). The Kier molecular flexibility index (Phi) is 1.94. The van der Waals surface area contributed by atoms with E-state index < -0.39 is 5.83 Å². The van der Waals surface area contributed by atoms with Crippen molar-refractivity contribution in [1.82, 2.24) is 4.98 Å². The lowest BCUT2D eigenvalue weighted by Crippen LogP contribution is -1.74. The molecule has 0 spiro atoms. The first-order valence-corrected chi connectivity index (χ1v) is 2.55. The highest BCUT2D eigenvalue weighted by Crippen LogP contribution is 2.02. The zero-order valence-corrected chi connectivity index (χ0v) is 4.95. The molecule has 0 aliphatic rings. The minimum atomic E-state index is -0.901. The average molecular weight is 141 g/mol. The number of halogens is 1. The van der Waals surface area contributed by atoms with Gasteiger partial charge in [0.25, 0.3) is 0 Å². The van der Waals surface area contributed by atoms with Crippen molar-refractivity contribution >= 4 is 12.4 Å². The number of carbonyl (C=O) groups is 1. The maximum Gasteiger partial charge on any atom is 0.221 e. The number of aromatic nitrogens is 1. The van der Waals surface area contributed by atoms with Crippen LogP contribution in [0.15, 0.2) is 22.7 Å². The van der Waals surface area contributed by atoms with Crippen molar-refractivity contribution in [2.75, 3.05) is 0 Å². The molecule has 0 aliphatic heterocycles. The van der Waals surface area contributed by atoms with Crippen LogP contribution in [0.2, 0.25) is 0 Å². The van der Waals surface area contributed by atoms with Crippen molar-refractivity contribution in [2.24, 2.45) is 0 Å². The van der Waals surface area contributed by atoms with Gasteiger partial charge in [-0.15, -0.1) is 0 Å². The number of oxazole rings is 1. The predicted molar refractivity (Wildman–Crippen MR) is 31.7 cm³/mol. The summed E-state index contributed by atoms with van der Waals surface area (Å²) in [4.78, 5) is 13.3. The molecule has 0 N–H and O–H groups in total. The highest BCUT2D eigenvalue weighted by Gasteiger charge is 1.94. The lowest BCUT2D eigenvalue weighted by atomic mass is 10.5. The first-order valence-electron chi connectivity index (χ1n) is 2.55. The zero-order chi connectivity index (χ0) is 7.40. The maximum atomic E-state index is 12.1. The van der Waals surface area contributed by atoms with E-state index in [-0.39, 0.29) is 12.2 Å². The van der Waals surface area contributed by atoms with E-state index in [4.69, 9.17) is 0 Å². The molecule has 0 amide bonds. The second-order valence-corrected chi connectivity index (χ2v) is 1.52. The van der Waals surface area contributed by atoms with E-state index in [2.05, 4.69) is 9.40 Å². The van der Waals surface area contributed by atoms with Gasteiger partial charge in [-0.3, -0.25) is 4.79 Å². The van der Waals surface area contributed by atoms with E-state index in [1.54, 1.807) is 0 Å². The standard InChI is InChI=1S/C6H4FNO2/c7-5(4-9)3-6-8-1-2-10-6/h1-4H. The smallest absolute Gasteiger partial charge is 0.221 e. The molecular weight excluding hydrogens is 137 g/mol. The van der Waals surface area contributed by atoms with Crippen LogP contribution in [0.5, 0.6) is 0 Å². The molecule has 0 unspecified atom stereocenters. The van der Waals surface area contributed by atoms with Gasteiger partial charge in [0, 0.05) is 6.08 Å². The molecular formula is C6H4FNO2. The first kappa shape index (κ1) is 6.67. The Balaban J connectivity index is 2.80. The van der Waals surface area contributed by atoms with Gasteiger partial charge in [0.05, 0.1) is 6.20 Å². The van der Waals surface area contributed by atoms with Gasteiger partial charge in [-0.25, -0.2) is 9.37 Å². The largest absolute Gasteiger partial charge is 0.445 e. The van der Waals surface area contributed by atoms with E-state index >= 15 is 0 Å². The molecule has 0 bridgehead atoms. The van der Waals surface area contributed by atoms with Crippen LogP contribution < -0.4 is 0 Å². The molecule has 10 heavy (non-hydrogen) atoms. The molecule has 1 aromatic heterocycles. The Labute approximate surface area is 56.2 Å². The van der Waals surface area contributed by atoms with Crippen LogP contribution in [0.25, 0.3) is 6.08 Å². The first-order chi connectivity index (χ1) is 4.83. The van der Waals surface area contributed by atoms with E-state index in [1.165, 1.54) is 12.5 Å². The van der Waals surface area contributed by atoms with Gasteiger partial charge in [-0.05, 0) is 0 Å². The lowest BCUT2D eigenvalue weighted by molar-refractivity contribution is -0.106. The van der Waals surface area contributed by atoms with Crippen molar-refractivity contribution in [3.8, 4) is 0 Å². The number of rotatable bonds is 2. The van der Waals surface area contributed by atoms with Crippen LogP contribution in [0.1, 0.15) is 5.89 Å². The van der Waals surface area contributed by atoms with Gasteiger partial charge in [0.15, 0.2) is 12.1 Å². The second-order valence-electron chi connectivity index (χ2n) is 1.52. The summed E-state index contributed by atoms with van der Waals surface area (Å²) in [5.41, 5.74) is 0. The molecule has 0 saturated carbocycles. The topological polar surface area (TPSA) is 43.1 Å². The van der Waals surface area contributed by atoms with Crippen LogP contribution >= 0.6 is 0 Å². The molecule has 52 valence electrons. The summed E-state index contributed by atoms with van der Waals surface area (Å²) in [6.45, 7) is 0. The molecule has 1 heterocycles. The second kappa shape index (κ2) is 2.91. The van der Waals surface area contributed by atoms with Crippen LogP contribution in [-0.2, 0) is 4.79 Å². The fourth-order valence-electron chi connectivity index (χ4n) is 0.458. The number of hydrogen-bond donors (Lipinski definition) is 0. The van der Waals surface area contributed by atoms with Crippen molar-refractivity contribution in [3.05, 3.63) is 24.2 Å². The van der Waals surface area contributed by atoms with Gasteiger partial charge >= 0.3 is 0 Å². The third-order valence-corrected chi connectivity index (χ3v) is 0.825. The normalized spacial score (nSPS) is 11.5. The molecule has 4 heteroatoms. The highest BCUT2D eigenvalue weighted by molar-refractivity contribution is 5.76. The summed E-state index contributed by atoms with van der Waals surface area (Å²) >= 11 is 0. The molecule has 0 radical (unpaired) electrons. The molecule has 0 saturated heterocycles. The van der Waals surface area contributed by atoms with E-state index in [0.717, 1.165) is 6.08 Å². The van der Waals surface area contributed by atoms with Gasteiger partial charge in [0.2, 0.25) is 5.89 Å². The SMILES string of the molecule is O=CC(F)=Cc1ncco1. The Hall–Kier alpha value is -1.45. The average Bonchev–Trinajstić information content (AvgIpc) is 2.40. The fourth-order valence-corrected chi connectivity index (χ4v) is 0.458.